The second-order valence-corrected chi connectivity index (χ2v) is 6.20. The number of carbonyl (C=O) groups is 1. The summed E-state index contributed by atoms with van der Waals surface area (Å²) in [7, 11) is 1.51. The molecule has 0 aliphatic carbocycles. The van der Waals surface area contributed by atoms with Gasteiger partial charge in [0, 0.05) is 6.08 Å². The van der Waals surface area contributed by atoms with Crippen molar-refractivity contribution in [3.63, 3.8) is 0 Å². The molecule has 1 N–H and O–H groups in total. The average molecular weight is 405 g/mol. The molecule has 7 heteroatoms. The lowest BCUT2D eigenvalue weighted by Crippen LogP contribution is -2.24. The van der Waals surface area contributed by atoms with Gasteiger partial charge in [-0.3, -0.25) is 4.79 Å². The van der Waals surface area contributed by atoms with E-state index in [-0.39, 0.29) is 0 Å². The highest BCUT2D eigenvalue weighted by Gasteiger charge is 2.30. The number of carbonyl (C=O) groups excluding carboxylic acids is 1. The van der Waals surface area contributed by atoms with Crippen LogP contribution in [0.3, 0.4) is 0 Å². The molecule has 0 aromatic heterocycles. The molecule has 154 valence electrons. The maximum atomic E-state index is 12.8. The summed E-state index contributed by atoms with van der Waals surface area (Å²) in [5.74, 6) is 0.625. The van der Waals surface area contributed by atoms with Crippen LogP contribution in [0.4, 0.5) is 13.2 Å². The lowest BCUT2D eigenvalue weighted by atomic mass is 10.0. The fraction of sp³-hybridized carbons (Fsp3) is 0.227. The molecule has 0 aliphatic rings. The summed E-state index contributed by atoms with van der Waals surface area (Å²) in [6.07, 6.45) is 0.0700. The summed E-state index contributed by atoms with van der Waals surface area (Å²) >= 11 is 0. The smallest absolute Gasteiger partial charge is 0.416 e. The van der Waals surface area contributed by atoms with Crippen molar-refractivity contribution in [3.8, 4) is 11.5 Å². The molecule has 0 saturated heterocycles. The van der Waals surface area contributed by atoms with Gasteiger partial charge < -0.3 is 14.8 Å². The molecule has 1 atom stereocenters. The predicted molar refractivity (Wildman–Crippen MR) is 106 cm³/mol. The molecule has 0 spiro atoms. The number of rotatable bonds is 8. The summed E-state index contributed by atoms with van der Waals surface area (Å²) < 4.78 is 49.2. The van der Waals surface area contributed by atoms with Crippen molar-refractivity contribution in [3.05, 3.63) is 77.9 Å². The molecule has 1 unspecified atom stereocenters. The van der Waals surface area contributed by atoms with E-state index in [2.05, 4.69) is 11.9 Å². The molecule has 0 saturated carbocycles. The molecule has 2 aromatic carbocycles. The van der Waals surface area contributed by atoms with E-state index in [9.17, 15) is 18.0 Å². The van der Waals surface area contributed by atoms with Gasteiger partial charge in [0.15, 0.2) is 11.5 Å². The van der Waals surface area contributed by atoms with Crippen LogP contribution in [-0.4, -0.2) is 19.6 Å². The van der Waals surface area contributed by atoms with Crippen molar-refractivity contribution < 1.29 is 27.4 Å². The first-order valence-electron chi connectivity index (χ1n) is 8.82. The molecule has 0 fully saturated rings. The minimum absolute atomic E-state index is 0.335. The normalized spacial score (nSPS) is 12.4. The summed E-state index contributed by atoms with van der Waals surface area (Å²) in [5.41, 5.74) is 0.319. The van der Waals surface area contributed by atoms with Crippen LogP contribution in [-0.2, 0) is 11.0 Å². The number of methoxy groups -OCH3 is 1. The Morgan fingerprint density at radius 1 is 1.21 bits per heavy atom. The first kappa shape index (κ1) is 22.1. The third-order valence-corrected chi connectivity index (χ3v) is 4.04. The van der Waals surface area contributed by atoms with Crippen LogP contribution in [0.2, 0.25) is 0 Å². The Labute approximate surface area is 167 Å². The third kappa shape index (κ3) is 6.41. The SMILES string of the molecule is C=CCOc1ccc(/C=C/C(=O)NC(C)c2cccc(C(F)(F)F)c2)cc1OC. The number of ether oxygens (including phenoxy) is 2. The number of benzene rings is 2. The first-order chi connectivity index (χ1) is 13.7. The Balaban J connectivity index is 2.05. The van der Waals surface area contributed by atoms with E-state index in [1.165, 1.54) is 25.3 Å². The molecule has 2 rings (SSSR count). The van der Waals surface area contributed by atoms with Crippen LogP contribution in [0.5, 0.6) is 11.5 Å². The minimum atomic E-state index is -4.43. The number of hydrogen-bond acceptors (Lipinski definition) is 3. The van der Waals surface area contributed by atoms with E-state index in [0.717, 1.165) is 12.1 Å². The Bertz CT molecular complexity index is 891. The third-order valence-electron chi connectivity index (χ3n) is 4.04. The number of alkyl halides is 3. The fourth-order valence-electron chi connectivity index (χ4n) is 2.56. The van der Waals surface area contributed by atoms with Gasteiger partial charge in [-0.2, -0.15) is 13.2 Å². The van der Waals surface area contributed by atoms with E-state index in [0.29, 0.717) is 29.2 Å². The zero-order chi connectivity index (χ0) is 21.4. The number of amides is 1. The molecular formula is C22H22F3NO3. The summed E-state index contributed by atoms with van der Waals surface area (Å²) in [4.78, 5) is 12.2. The molecule has 0 radical (unpaired) electrons. The Morgan fingerprint density at radius 2 is 1.97 bits per heavy atom. The molecule has 4 nitrogen and oxygen atoms in total. The Morgan fingerprint density at radius 3 is 2.62 bits per heavy atom. The molecule has 2 aromatic rings. The maximum absolute atomic E-state index is 12.8. The minimum Gasteiger partial charge on any atom is -0.493 e. The highest BCUT2D eigenvalue weighted by Crippen LogP contribution is 2.31. The molecule has 29 heavy (non-hydrogen) atoms. The van der Waals surface area contributed by atoms with Gasteiger partial charge in [-0.1, -0.05) is 30.9 Å². The average Bonchev–Trinajstić information content (AvgIpc) is 2.70. The standard InChI is InChI=1S/C22H22F3NO3/c1-4-12-29-19-10-8-16(13-20(19)28-3)9-11-21(27)26-15(2)17-6-5-7-18(14-17)22(23,24)25/h4-11,13-15H,1,12H2,2-3H3,(H,26,27)/b11-9+. The van der Waals surface area contributed by atoms with Gasteiger partial charge in [0.05, 0.1) is 18.7 Å². The number of nitrogens with one attached hydrogen (secondary N) is 1. The van der Waals surface area contributed by atoms with Crippen molar-refractivity contribution in [1.82, 2.24) is 5.32 Å². The van der Waals surface area contributed by atoms with Crippen LogP contribution in [0.25, 0.3) is 6.08 Å². The zero-order valence-electron chi connectivity index (χ0n) is 16.1. The van der Waals surface area contributed by atoms with Crippen molar-refractivity contribution in [1.29, 1.82) is 0 Å². The highest BCUT2D eigenvalue weighted by atomic mass is 19.4. The Hall–Kier alpha value is -3.22. The van der Waals surface area contributed by atoms with Crippen LogP contribution in [0, 0.1) is 0 Å². The second-order valence-electron chi connectivity index (χ2n) is 6.20. The van der Waals surface area contributed by atoms with E-state index in [1.807, 2.05) is 0 Å². The van der Waals surface area contributed by atoms with Gasteiger partial charge in [-0.15, -0.1) is 0 Å². The van der Waals surface area contributed by atoms with Gasteiger partial charge in [0.2, 0.25) is 5.91 Å². The van der Waals surface area contributed by atoms with Gasteiger partial charge >= 0.3 is 6.18 Å². The quantitative estimate of drug-likeness (QED) is 0.487. The molecular weight excluding hydrogens is 383 g/mol. The monoisotopic (exact) mass is 405 g/mol. The lowest BCUT2D eigenvalue weighted by Gasteiger charge is -2.15. The predicted octanol–water partition coefficient (Wildman–Crippen LogP) is 5.17. The largest absolute Gasteiger partial charge is 0.493 e. The Kier molecular flexibility index (Phi) is 7.47. The van der Waals surface area contributed by atoms with Gasteiger partial charge in [-0.25, -0.2) is 0 Å². The maximum Gasteiger partial charge on any atom is 0.416 e. The topological polar surface area (TPSA) is 47.6 Å². The zero-order valence-corrected chi connectivity index (χ0v) is 16.1. The summed E-state index contributed by atoms with van der Waals surface area (Å²) in [6.45, 7) is 5.54. The number of halogens is 3. The summed E-state index contributed by atoms with van der Waals surface area (Å²) in [5, 5.41) is 2.65. The molecule has 1 amide bonds. The molecule has 0 bridgehead atoms. The molecule has 0 heterocycles. The van der Waals surface area contributed by atoms with Crippen LogP contribution in [0.15, 0.2) is 61.2 Å². The van der Waals surface area contributed by atoms with Crippen LogP contribution < -0.4 is 14.8 Å². The van der Waals surface area contributed by atoms with Crippen LogP contribution in [0.1, 0.15) is 29.7 Å². The van der Waals surface area contributed by atoms with Crippen molar-refractivity contribution >= 4 is 12.0 Å². The number of hydrogen-bond donors (Lipinski definition) is 1. The van der Waals surface area contributed by atoms with Crippen LogP contribution >= 0.6 is 0 Å². The van der Waals surface area contributed by atoms with E-state index < -0.39 is 23.7 Å². The molecule has 0 aliphatic heterocycles. The van der Waals surface area contributed by atoms with E-state index >= 15 is 0 Å². The van der Waals surface area contributed by atoms with E-state index in [4.69, 9.17) is 9.47 Å². The highest BCUT2D eigenvalue weighted by molar-refractivity contribution is 5.92. The van der Waals surface area contributed by atoms with Gasteiger partial charge in [0.25, 0.3) is 0 Å². The summed E-state index contributed by atoms with van der Waals surface area (Å²) in [6, 6.07) is 9.47. The van der Waals surface area contributed by atoms with Crippen molar-refractivity contribution in [2.45, 2.75) is 19.1 Å². The van der Waals surface area contributed by atoms with Crippen molar-refractivity contribution in [2.24, 2.45) is 0 Å². The van der Waals surface area contributed by atoms with E-state index in [1.54, 1.807) is 37.3 Å². The fourth-order valence-corrected chi connectivity index (χ4v) is 2.56. The lowest BCUT2D eigenvalue weighted by molar-refractivity contribution is -0.137. The van der Waals surface area contributed by atoms with Crippen molar-refractivity contribution in [2.75, 3.05) is 13.7 Å². The van der Waals surface area contributed by atoms with Gasteiger partial charge in [-0.05, 0) is 48.4 Å². The van der Waals surface area contributed by atoms with Gasteiger partial charge in [0.1, 0.15) is 6.61 Å². The second kappa shape index (κ2) is 9.82. The first-order valence-corrected chi connectivity index (χ1v) is 8.82.